The van der Waals surface area contributed by atoms with Gasteiger partial charge in [-0.3, -0.25) is 4.79 Å². The van der Waals surface area contributed by atoms with Gasteiger partial charge in [-0.2, -0.15) is 0 Å². The number of carbonyl (C=O) groups is 1. The number of nitrogens with zero attached hydrogens (tertiary/aromatic N) is 2. The molecule has 25 heavy (non-hydrogen) atoms. The molecule has 0 atom stereocenters. The molecule has 0 aliphatic carbocycles. The zero-order valence-corrected chi connectivity index (χ0v) is 16.4. The lowest BCUT2D eigenvalue weighted by molar-refractivity contribution is -0.130. The van der Waals surface area contributed by atoms with Crippen LogP contribution in [0.15, 0.2) is 12.1 Å². The third-order valence-electron chi connectivity index (χ3n) is 4.98. The monoisotopic (exact) mass is 368 g/mol. The summed E-state index contributed by atoms with van der Waals surface area (Å²) in [5.74, 6) is 0.970. The van der Waals surface area contributed by atoms with E-state index < -0.39 is 10.0 Å². The van der Waals surface area contributed by atoms with Crippen LogP contribution in [0.5, 0.6) is 5.75 Å². The van der Waals surface area contributed by atoms with Gasteiger partial charge in [0.05, 0.1) is 19.3 Å². The number of ether oxygens (including phenoxy) is 1. The van der Waals surface area contributed by atoms with E-state index in [1.165, 1.54) is 4.31 Å². The second kappa shape index (κ2) is 8.19. The molecule has 1 heterocycles. The molecule has 0 bridgehead atoms. The van der Waals surface area contributed by atoms with Crippen molar-refractivity contribution in [2.24, 2.45) is 0 Å². The fourth-order valence-corrected chi connectivity index (χ4v) is 4.28. The average molecular weight is 368 g/mol. The van der Waals surface area contributed by atoms with Crippen molar-refractivity contribution in [3.8, 4) is 5.75 Å². The van der Waals surface area contributed by atoms with E-state index in [0.29, 0.717) is 39.0 Å². The summed E-state index contributed by atoms with van der Waals surface area (Å²) in [5, 5.41) is 0. The van der Waals surface area contributed by atoms with Crippen LogP contribution in [0.4, 0.5) is 0 Å². The van der Waals surface area contributed by atoms with Crippen molar-refractivity contribution >= 4 is 15.9 Å². The summed E-state index contributed by atoms with van der Waals surface area (Å²) in [7, 11) is -1.55. The molecule has 1 aliphatic heterocycles. The van der Waals surface area contributed by atoms with E-state index in [9.17, 15) is 13.2 Å². The van der Waals surface area contributed by atoms with Crippen LogP contribution in [0.3, 0.4) is 0 Å². The predicted molar refractivity (Wildman–Crippen MR) is 98.4 cm³/mol. The molecule has 2 rings (SSSR count). The van der Waals surface area contributed by atoms with Crippen molar-refractivity contribution in [1.29, 1.82) is 0 Å². The first-order chi connectivity index (χ1) is 11.8. The van der Waals surface area contributed by atoms with Crippen LogP contribution in [-0.2, 0) is 21.2 Å². The van der Waals surface area contributed by atoms with E-state index in [0.717, 1.165) is 22.4 Å². The number of carbonyl (C=O) groups excluding carboxylic acids is 1. The zero-order chi connectivity index (χ0) is 18.6. The van der Waals surface area contributed by atoms with E-state index in [1.807, 2.05) is 26.0 Å². The molecule has 1 aliphatic rings. The van der Waals surface area contributed by atoms with Crippen LogP contribution >= 0.6 is 0 Å². The maximum atomic E-state index is 12.7. The minimum absolute atomic E-state index is 0.0448. The van der Waals surface area contributed by atoms with E-state index >= 15 is 0 Å². The van der Waals surface area contributed by atoms with Gasteiger partial charge in [-0.15, -0.1) is 0 Å². The SMILES string of the molecule is CCS(=O)(=O)N1CCCN(C(=O)Cc2ccc(OC)c(C)c2C)CC1. The second-order valence-electron chi connectivity index (χ2n) is 6.39. The summed E-state index contributed by atoms with van der Waals surface area (Å²) in [6.07, 6.45) is 1.00. The number of hydrogen-bond donors (Lipinski definition) is 0. The van der Waals surface area contributed by atoms with Crippen molar-refractivity contribution in [2.75, 3.05) is 39.0 Å². The highest BCUT2D eigenvalue weighted by Gasteiger charge is 2.25. The first-order valence-electron chi connectivity index (χ1n) is 8.68. The first-order valence-corrected chi connectivity index (χ1v) is 10.3. The molecule has 140 valence electrons. The van der Waals surface area contributed by atoms with Gasteiger partial charge in [0.2, 0.25) is 15.9 Å². The number of methoxy groups -OCH3 is 1. The molecular formula is C18H28N2O4S. The molecule has 6 nitrogen and oxygen atoms in total. The van der Waals surface area contributed by atoms with Crippen molar-refractivity contribution in [2.45, 2.75) is 33.6 Å². The van der Waals surface area contributed by atoms with Crippen molar-refractivity contribution < 1.29 is 17.9 Å². The number of hydrogen-bond acceptors (Lipinski definition) is 4. The first kappa shape index (κ1) is 19.7. The summed E-state index contributed by atoms with van der Waals surface area (Å²) in [6.45, 7) is 7.55. The predicted octanol–water partition coefficient (Wildman–Crippen LogP) is 1.74. The van der Waals surface area contributed by atoms with Gasteiger partial charge in [0.25, 0.3) is 0 Å². The molecule has 7 heteroatoms. The quantitative estimate of drug-likeness (QED) is 0.794. The topological polar surface area (TPSA) is 66.9 Å². The normalized spacial score (nSPS) is 16.6. The Hall–Kier alpha value is -1.60. The Morgan fingerprint density at radius 3 is 2.48 bits per heavy atom. The molecule has 0 saturated carbocycles. The van der Waals surface area contributed by atoms with Gasteiger partial charge < -0.3 is 9.64 Å². The Kier molecular flexibility index (Phi) is 6.46. The molecular weight excluding hydrogens is 340 g/mol. The van der Waals surface area contributed by atoms with E-state index in [1.54, 1.807) is 18.9 Å². The van der Waals surface area contributed by atoms with Gasteiger partial charge in [0.1, 0.15) is 5.75 Å². The molecule has 1 aromatic rings. The summed E-state index contributed by atoms with van der Waals surface area (Å²) in [5.41, 5.74) is 3.10. The molecule has 1 saturated heterocycles. The maximum Gasteiger partial charge on any atom is 0.227 e. The summed E-state index contributed by atoms with van der Waals surface area (Å²) >= 11 is 0. The summed E-state index contributed by atoms with van der Waals surface area (Å²) in [6, 6.07) is 3.83. The maximum absolute atomic E-state index is 12.7. The Morgan fingerprint density at radius 2 is 1.84 bits per heavy atom. The number of benzene rings is 1. The minimum Gasteiger partial charge on any atom is -0.496 e. The van der Waals surface area contributed by atoms with Gasteiger partial charge in [-0.1, -0.05) is 6.07 Å². The van der Waals surface area contributed by atoms with Crippen molar-refractivity contribution in [3.63, 3.8) is 0 Å². The van der Waals surface area contributed by atoms with E-state index in [-0.39, 0.29) is 11.7 Å². The largest absolute Gasteiger partial charge is 0.496 e. The zero-order valence-electron chi connectivity index (χ0n) is 15.5. The fourth-order valence-electron chi connectivity index (χ4n) is 3.14. The Labute approximate surface area is 150 Å². The standard InChI is InChI=1S/C18H28N2O4S/c1-5-25(22,23)20-10-6-9-19(11-12-20)18(21)13-16-7-8-17(24-4)15(3)14(16)2/h7-8H,5-6,9-13H2,1-4H3. The third kappa shape index (κ3) is 4.52. The van der Waals surface area contributed by atoms with Crippen LogP contribution in [0.25, 0.3) is 0 Å². The molecule has 0 unspecified atom stereocenters. The number of rotatable bonds is 5. The highest BCUT2D eigenvalue weighted by molar-refractivity contribution is 7.89. The smallest absolute Gasteiger partial charge is 0.227 e. The van der Waals surface area contributed by atoms with Gasteiger partial charge in [-0.25, -0.2) is 12.7 Å². The molecule has 0 aromatic heterocycles. The highest BCUT2D eigenvalue weighted by Crippen LogP contribution is 2.24. The van der Waals surface area contributed by atoms with Crippen LogP contribution in [0, 0.1) is 13.8 Å². The molecule has 1 fully saturated rings. The lowest BCUT2D eigenvalue weighted by Crippen LogP contribution is -2.38. The van der Waals surface area contributed by atoms with Crippen LogP contribution < -0.4 is 4.74 Å². The van der Waals surface area contributed by atoms with Crippen LogP contribution in [-0.4, -0.2) is 62.6 Å². The Morgan fingerprint density at radius 1 is 1.12 bits per heavy atom. The molecule has 1 amide bonds. The number of sulfonamides is 1. The number of amides is 1. The average Bonchev–Trinajstić information content (AvgIpc) is 2.86. The van der Waals surface area contributed by atoms with E-state index in [4.69, 9.17) is 4.74 Å². The molecule has 1 aromatic carbocycles. The highest BCUT2D eigenvalue weighted by atomic mass is 32.2. The Balaban J connectivity index is 2.06. The lowest BCUT2D eigenvalue weighted by Gasteiger charge is -2.22. The van der Waals surface area contributed by atoms with Crippen molar-refractivity contribution in [1.82, 2.24) is 9.21 Å². The summed E-state index contributed by atoms with van der Waals surface area (Å²) < 4.78 is 30.9. The molecule has 0 radical (unpaired) electrons. The third-order valence-corrected chi connectivity index (χ3v) is 6.86. The lowest BCUT2D eigenvalue weighted by atomic mass is 9.99. The van der Waals surface area contributed by atoms with Crippen LogP contribution in [0.1, 0.15) is 30.0 Å². The van der Waals surface area contributed by atoms with E-state index in [2.05, 4.69) is 0 Å². The second-order valence-corrected chi connectivity index (χ2v) is 8.65. The molecule has 0 N–H and O–H groups in total. The minimum atomic E-state index is -3.19. The van der Waals surface area contributed by atoms with Gasteiger partial charge >= 0.3 is 0 Å². The fraction of sp³-hybridized carbons (Fsp3) is 0.611. The summed E-state index contributed by atoms with van der Waals surface area (Å²) in [4.78, 5) is 14.5. The van der Waals surface area contributed by atoms with Crippen LogP contribution in [0.2, 0.25) is 0 Å². The van der Waals surface area contributed by atoms with Gasteiger partial charge in [0, 0.05) is 26.2 Å². The van der Waals surface area contributed by atoms with Gasteiger partial charge in [-0.05, 0) is 49.9 Å². The Bertz CT molecular complexity index is 731. The molecule has 0 spiro atoms. The van der Waals surface area contributed by atoms with Crippen molar-refractivity contribution in [3.05, 3.63) is 28.8 Å². The van der Waals surface area contributed by atoms with Gasteiger partial charge in [0.15, 0.2) is 0 Å².